The highest BCUT2D eigenvalue weighted by Crippen LogP contribution is 2.21. The van der Waals surface area contributed by atoms with Crippen molar-refractivity contribution in [2.45, 2.75) is 39.4 Å². The number of aromatic amines is 1. The minimum atomic E-state index is -0.681. The fraction of sp³-hybridized carbons (Fsp3) is 0.381. The number of benzene rings is 1. The van der Waals surface area contributed by atoms with Crippen molar-refractivity contribution < 1.29 is 19.1 Å². The van der Waals surface area contributed by atoms with Gasteiger partial charge in [-0.15, -0.1) is 0 Å². The summed E-state index contributed by atoms with van der Waals surface area (Å²) in [5.41, 5.74) is -0.222. The minimum absolute atomic E-state index is 0.00360. The van der Waals surface area contributed by atoms with Crippen LogP contribution < -0.4 is 10.2 Å². The monoisotopic (exact) mass is 399 g/mol. The lowest BCUT2D eigenvalue weighted by Crippen LogP contribution is -2.47. The van der Waals surface area contributed by atoms with Crippen molar-refractivity contribution in [2.75, 3.05) is 13.1 Å². The van der Waals surface area contributed by atoms with Crippen molar-refractivity contribution in [3.63, 3.8) is 0 Å². The second kappa shape index (κ2) is 8.38. The van der Waals surface area contributed by atoms with Gasteiger partial charge in [-0.3, -0.25) is 9.59 Å². The summed E-state index contributed by atoms with van der Waals surface area (Å²) in [6, 6.07) is 10.6. The number of hydrogen-bond donors (Lipinski definition) is 1. The van der Waals surface area contributed by atoms with Crippen LogP contribution in [0.2, 0.25) is 0 Å². The second-order valence-electron chi connectivity index (χ2n) is 7.71. The Bertz CT molecular complexity index is 933. The zero-order chi connectivity index (χ0) is 21.0. The normalized spacial score (nSPS) is 14.0. The van der Waals surface area contributed by atoms with E-state index in [4.69, 9.17) is 9.47 Å². The Kier molecular flexibility index (Phi) is 5.91. The molecule has 29 heavy (non-hydrogen) atoms. The van der Waals surface area contributed by atoms with E-state index in [0.717, 1.165) is 5.56 Å². The summed E-state index contributed by atoms with van der Waals surface area (Å²) in [5, 5.41) is 2.55. The Morgan fingerprint density at radius 3 is 2.45 bits per heavy atom. The molecule has 0 aliphatic carbocycles. The Hall–Kier alpha value is -3.29. The predicted octanol–water partition coefficient (Wildman–Crippen LogP) is 2.95. The fourth-order valence-corrected chi connectivity index (χ4v) is 2.95. The number of nitrogens with zero attached hydrogens (tertiary/aromatic N) is 2. The Balaban J connectivity index is 1.82. The third-order valence-electron chi connectivity index (χ3n) is 4.22. The molecule has 0 atom stereocenters. The van der Waals surface area contributed by atoms with Crippen LogP contribution in [-0.2, 0) is 11.3 Å². The van der Waals surface area contributed by atoms with Gasteiger partial charge in [0.25, 0.3) is 5.91 Å². The number of ether oxygens (including phenoxy) is 2. The summed E-state index contributed by atoms with van der Waals surface area (Å²) in [6.07, 6.45) is 1.40. The van der Waals surface area contributed by atoms with Crippen LogP contribution in [0.3, 0.4) is 0 Å². The molecule has 1 aliphatic rings. The molecule has 0 saturated carbocycles. The van der Waals surface area contributed by atoms with Crippen molar-refractivity contribution in [3.8, 4) is 5.75 Å². The van der Waals surface area contributed by atoms with Gasteiger partial charge in [-0.05, 0) is 32.8 Å². The van der Waals surface area contributed by atoms with E-state index in [0.29, 0.717) is 19.5 Å². The number of nitrogens with one attached hydrogen (secondary N) is 1. The van der Waals surface area contributed by atoms with Gasteiger partial charge in [0.05, 0.1) is 0 Å². The zero-order valence-electron chi connectivity index (χ0n) is 16.8. The number of hydrogen-bond acceptors (Lipinski definition) is 5. The second-order valence-corrected chi connectivity index (χ2v) is 7.71. The van der Waals surface area contributed by atoms with Gasteiger partial charge in [-0.1, -0.05) is 30.3 Å². The lowest BCUT2D eigenvalue weighted by atomic mass is 10.2. The molecule has 3 rings (SSSR count). The van der Waals surface area contributed by atoms with Crippen molar-refractivity contribution in [1.82, 2.24) is 15.0 Å². The standard InChI is InChI=1S/C21H25N3O5/c1-21(2,3)29-20(27)24-13-7-12-23(24)19(26)17-18(16(25)10-11-22-17)28-14-15-8-5-4-6-9-15/h4-6,8-11H,7,12-14H2,1-3H3,(H,22,25). The predicted molar refractivity (Wildman–Crippen MR) is 106 cm³/mol. The number of pyridine rings is 1. The van der Waals surface area contributed by atoms with Crippen LogP contribution in [0.25, 0.3) is 0 Å². The average molecular weight is 399 g/mol. The van der Waals surface area contributed by atoms with E-state index in [1.807, 2.05) is 30.3 Å². The SMILES string of the molecule is CC(C)(C)OC(=O)N1CCCN1C(=O)c1[nH]ccc(=O)c1OCc1ccccc1. The molecule has 8 nitrogen and oxygen atoms in total. The Morgan fingerprint density at radius 1 is 1.07 bits per heavy atom. The van der Waals surface area contributed by atoms with Gasteiger partial charge in [0.15, 0.2) is 11.4 Å². The number of rotatable bonds is 4. The van der Waals surface area contributed by atoms with E-state index in [9.17, 15) is 14.4 Å². The maximum atomic E-state index is 13.1. The summed E-state index contributed by atoms with van der Waals surface area (Å²) >= 11 is 0. The summed E-state index contributed by atoms with van der Waals surface area (Å²) < 4.78 is 11.1. The summed E-state index contributed by atoms with van der Waals surface area (Å²) in [4.78, 5) is 40.8. The Morgan fingerprint density at radius 2 is 1.76 bits per heavy atom. The van der Waals surface area contributed by atoms with Crippen LogP contribution in [-0.4, -0.2) is 45.7 Å². The van der Waals surface area contributed by atoms with Gasteiger partial charge in [0, 0.05) is 25.4 Å². The first-order valence-electron chi connectivity index (χ1n) is 9.47. The van der Waals surface area contributed by atoms with Crippen LogP contribution in [0.1, 0.15) is 43.2 Å². The van der Waals surface area contributed by atoms with Crippen LogP contribution in [0.4, 0.5) is 4.79 Å². The molecule has 0 spiro atoms. The molecule has 2 aromatic rings. The highest BCUT2D eigenvalue weighted by atomic mass is 16.6. The quantitative estimate of drug-likeness (QED) is 0.853. The molecule has 154 valence electrons. The number of carbonyl (C=O) groups excluding carboxylic acids is 2. The van der Waals surface area contributed by atoms with E-state index in [-0.39, 0.29) is 18.1 Å². The van der Waals surface area contributed by atoms with Crippen LogP contribution in [0, 0.1) is 0 Å². The van der Waals surface area contributed by atoms with E-state index < -0.39 is 23.0 Å². The van der Waals surface area contributed by atoms with Gasteiger partial charge < -0.3 is 14.5 Å². The van der Waals surface area contributed by atoms with Gasteiger partial charge in [-0.25, -0.2) is 14.8 Å². The number of H-pyrrole nitrogens is 1. The Labute approximate surface area is 169 Å². The highest BCUT2D eigenvalue weighted by molar-refractivity contribution is 5.95. The number of hydrazine groups is 1. The summed E-state index contributed by atoms with van der Waals surface area (Å²) in [5.74, 6) is -0.591. The summed E-state index contributed by atoms with van der Waals surface area (Å²) in [7, 11) is 0. The molecule has 0 unspecified atom stereocenters. The lowest BCUT2D eigenvalue weighted by Gasteiger charge is -2.30. The highest BCUT2D eigenvalue weighted by Gasteiger charge is 2.36. The molecule has 8 heteroatoms. The largest absolute Gasteiger partial charge is 0.483 e. The first-order chi connectivity index (χ1) is 13.8. The van der Waals surface area contributed by atoms with Crippen LogP contribution in [0.5, 0.6) is 5.75 Å². The van der Waals surface area contributed by atoms with Gasteiger partial charge in [0.2, 0.25) is 5.43 Å². The molecule has 0 bridgehead atoms. The van der Waals surface area contributed by atoms with E-state index in [2.05, 4.69) is 4.98 Å². The molecular formula is C21H25N3O5. The smallest absolute Gasteiger partial charge is 0.429 e. The average Bonchev–Trinajstić information content (AvgIpc) is 3.16. The third-order valence-corrected chi connectivity index (χ3v) is 4.22. The number of amides is 2. The molecule has 2 heterocycles. The molecule has 1 saturated heterocycles. The first kappa shape index (κ1) is 20.4. The maximum Gasteiger partial charge on any atom is 0.429 e. The van der Waals surface area contributed by atoms with Crippen molar-refractivity contribution in [2.24, 2.45) is 0 Å². The van der Waals surface area contributed by atoms with E-state index in [1.165, 1.54) is 22.3 Å². The molecule has 2 amide bonds. The van der Waals surface area contributed by atoms with E-state index >= 15 is 0 Å². The number of carbonyl (C=O) groups is 2. The number of aromatic nitrogens is 1. The van der Waals surface area contributed by atoms with Crippen LogP contribution >= 0.6 is 0 Å². The molecule has 1 fully saturated rings. The van der Waals surface area contributed by atoms with Gasteiger partial charge >= 0.3 is 6.09 Å². The van der Waals surface area contributed by atoms with Crippen LogP contribution in [0.15, 0.2) is 47.4 Å². The van der Waals surface area contributed by atoms with Crippen molar-refractivity contribution in [1.29, 1.82) is 0 Å². The topological polar surface area (TPSA) is 91.9 Å². The fourth-order valence-electron chi connectivity index (χ4n) is 2.95. The van der Waals surface area contributed by atoms with Gasteiger partial charge in [0.1, 0.15) is 12.2 Å². The first-order valence-corrected chi connectivity index (χ1v) is 9.47. The molecule has 0 radical (unpaired) electrons. The summed E-state index contributed by atoms with van der Waals surface area (Å²) in [6.45, 7) is 6.13. The molecule has 1 N–H and O–H groups in total. The van der Waals surface area contributed by atoms with Crippen molar-refractivity contribution in [3.05, 3.63) is 64.1 Å². The minimum Gasteiger partial charge on any atom is -0.483 e. The van der Waals surface area contributed by atoms with Gasteiger partial charge in [-0.2, -0.15) is 0 Å². The molecular weight excluding hydrogens is 374 g/mol. The van der Waals surface area contributed by atoms with E-state index in [1.54, 1.807) is 20.8 Å². The maximum absolute atomic E-state index is 13.1. The van der Waals surface area contributed by atoms with Crippen molar-refractivity contribution >= 4 is 12.0 Å². The molecule has 1 aliphatic heterocycles. The zero-order valence-corrected chi connectivity index (χ0v) is 16.8. The third kappa shape index (κ3) is 4.96. The lowest BCUT2D eigenvalue weighted by molar-refractivity contribution is -0.0196. The molecule has 1 aromatic heterocycles. The molecule has 1 aromatic carbocycles.